The van der Waals surface area contributed by atoms with Crippen molar-refractivity contribution in [3.8, 4) is 0 Å². The van der Waals surface area contributed by atoms with Crippen LogP contribution < -0.4 is 5.32 Å². The Kier molecular flexibility index (Phi) is 3.15. The van der Waals surface area contributed by atoms with Crippen LogP contribution in [-0.2, 0) is 0 Å². The average molecular weight is 211 g/mol. The molecule has 1 saturated heterocycles. The molecule has 1 aliphatic heterocycles. The Morgan fingerprint density at radius 2 is 2.57 bits per heavy atom. The topological polar surface area (TPSA) is 28.2 Å². The molecule has 1 aromatic rings. The normalized spacial score (nSPS) is 26.3. The lowest BCUT2D eigenvalue weighted by molar-refractivity contribution is 0.126. The first-order valence-corrected chi connectivity index (χ1v) is 6.03. The lowest BCUT2D eigenvalue weighted by atomic mass is 10.1. The van der Waals surface area contributed by atoms with Crippen LogP contribution in [0.3, 0.4) is 0 Å². The molecule has 0 bridgehead atoms. The Bertz CT molecular complexity index is 273. The molecule has 3 nitrogen and oxygen atoms in total. The van der Waals surface area contributed by atoms with Gasteiger partial charge in [0.1, 0.15) is 5.01 Å². The monoisotopic (exact) mass is 211 g/mol. The van der Waals surface area contributed by atoms with E-state index in [1.807, 2.05) is 6.20 Å². The molecule has 0 amide bonds. The summed E-state index contributed by atoms with van der Waals surface area (Å²) < 4.78 is 0. The van der Waals surface area contributed by atoms with E-state index in [-0.39, 0.29) is 0 Å². The molecule has 78 valence electrons. The second-order valence-electron chi connectivity index (χ2n) is 3.84. The third-order valence-corrected chi connectivity index (χ3v) is 3.80. The summed E-state index contributed by atoms with van der Waals surface area (Å²) in [5.74, 6) is 0. The van der Waals surface area contributed by atoms with Crippen molar-refractivity contribution in [2.45, 2.75) is 25.9 Å². The van der Waals surface area contributed by atoms with E-state index in [0.717, 1.165) is 19.6 Å². The van der Waals surface area contributed by atoms with Crippen LogP contribution in [0.5, 0.6) is 0 Å². The Morgan fingerprint density at radius 3 is 3.21 bits per heavy atom. The van der Waals surface area contributed by atoms with Crippen LogP contribution >= 0.6 is 11.3 Å². The van der Waals surface area contributed by atoms with Gasteiger partial charge < -0.3 is 5.32 Å². The number of nitrogens with one attached hydrogen (secondary N) is 1. The molecule has 1 aromatic heterocycles. The van der Waals surface area contributed by atoms with Gasteiger partial charge in [-0.25, -0.2) is 4.98 Å². The highest BCUT2D eigenvalue weighted by Gasteiger charge is 2.24. The molecule has 0 spiro atoms. The van der Waals surface area contributed by atoms with Gasteiger partial charge in [-0.2, -0.15) is 0 Å². The number of hydrogen-bond acceptors (Lipinski definition) is 4. The van der Waals surface area contributed by atoms with Crippen LogP contribution in [0.2, 0.25) is 0 Å². The summed E-state index contributed by atoms with van der Waals surface area (Å²) >= 11 is 1.75. The van der Waals surface area contributed by atoms with Crippen LogP contribution in [0.4, 0.5) is 0 Å². The SMILES string of the molecule is C[C@@H]1CNCCN1[C@@H](C)c1nccs1. The lowest BCUT2D eigenvalue weighted by Crippen LogP contribution is -2.50. The van der Waals surface area contributed by atoms with Gasteiger partial charge in [0.15, 0.2) is 0 Å². The van der Waals surface area contributed by atoms with Crippen molar-refractivity contribution in [2.75, 3.05) is 19.6 Å². The van der Waals surface area contributed by atoms with Gasteiger partial charge in [0, 0.05) is 37.3 Å². The zero-order valence-electron chi connectivity index (χ0n) is 8.73. The van der Waals surface area contributed by atoms with Crippen LogP contribution in [0.1, 0.15) is 24.9 Å². The molecule has 1 fully saturated rings. The second-order valence-corrected chi connectivity index (χ2v) is 4.76. The van der Waals surface area contributed by atoms with Gasteiger partial charge in [-0.05, 0) is 13.8 Å². The summed E-state index contributed by atoms with van der Waals surface area (Å²) in [7, 11) is 0. The zero-order valence-corrected chi connectivity index (χ0v) is 9.55. The Balaban J connectivity index is 2.06. The number of piperazine rings is 1. The third kappa shape index (κ3) is 1.97. The molecule has 0 radical (unpaired) electrons. The van der Waals surface area contributed by atoms with Crippen molar-refractivity contribution < 1.29 is 0 Å². The molecule has 4 heteroatoms. The first-order chi connectivity index (χ1) is 6.79. The van der Waals surface area contributed by atoms with Crippen molar-refractivity contribution in [2.24, 2.45) is 0 Å². The standard InChI is InChI=1S/C10H17N3S/c1-8-7-11-3-5-13(8)9(2)10-12-4-6-14-10/h4,6,8-9,11H,3,5,7H2,1-2H3/t8-,9+/m1/s1. The summed E-state index contributed by atoms with van der Waals surface area (Å²) in [4.78, 5) is 6.91. The van der Waals surface area contributed by atoms with E-state index in [9.17, 15) is 0 Å². The molecule has 0 saturated carbocycles. The molecule has 2 atom stereocenters. The van der Waals surface area contributed by atoms with Crippen LogP contribution in [0.15, 0.2) is 11.6 Å². The maximum atomic E-state index is 4.38. The predicted molar refractivity (Wildman–Crippen MR) is 59.6 cm³/mol. The molecule has 2 rings (SSSR count). The van der Waals surface area contributed by atoms with Gasteiger partial charge in [-0.15, -0.1) is 11.3 Å². The van der Waals surface area contributed by atoms with E-state index in [1.54, 1.807) is 11.3 Å². The highest BCUT2D eigenvalue weighted by Crippen LogP contribution is 2.24. The lowest BCUT2D eigenvalue weighted by Gasteiger charge is -2.37. The molecule has 1 aliphatic rings. The van der Waals surface area contributed by atoms with Crippen molar-refractivity contribution in [3.05, 3.63) is 16.6 Å². The summed E-state index contributed by atoms with van der Waals surface area (Å²) in [6, 6.07) is 1.08. The Labute approximate surface area is 89.1 Å². The average Bonchev–Trinajstić information content (AvgIpc) is 2.70. The van der Waals surface area contributed by atoms with Crippen molar-refractivity contribution >= 4 is 11.3 Å². The minimum atomic E-state index is 0.465. The Hall–Kier alpha value is -0.450. The van der Waals surface area contributed by atoms with Crippen molar-refractivity contribution in [3.63, 3.8) is 0 Å². The number of hydrogen-bond donors (Lipinski definition) is 1. The molecule has 1 N–H and O–H groups in total. The fourth-order valence-corrected chi connectivity index (χ4v) is 2.73. The van der Waals surface area contributed by atoms with Gasteiger partial charge in [0.2, 0.25) is 0 Å². The maximum absolute atomic E-state index is 4.38. The fraction of sp³-hybridized carbons (Fsp3) is 0.700. The number of thiazole rings is 1. The van der Waals surface area contributed by atoms with Gasteiger partial charge in [0.05, 0.1) is 6.04 Å². The van der Waals surface area contributed by atoms with E-state index < -0.39 is 0 Å². The van der Waals surface area contributed by atoms with E-state index in [0.29, 0.717) is 12.1 Å². The number of rotatable bonds is 2. The molecule has 14 heavy (non-hydrogen) atoms. The highest BCUT2D eigenvalue weighted by atomic mass is 32.1. The van der Waals surface area contributed by atoms with Crippen LogP contribution in [0.25, 0.3) is 0 Å². The predicted octanol–water partition coefficient (Wildman–Crippen LogP) is 1.50. The smallest absolute Gasteiger partial charge is 0.109 e. The van der Waals surface area contributed by atoms with Gasteiger partial charge >= 0.3 is 0 Å². The summed E-state index contributed by atoms with van der Waals surface area (Å²) in [6.07, 6.45) is 1.89. The molecular weight excluding hydrogens is 194 g/mol. The van der Waals surface area contributed by atoms with Gasteiger partial charge in [0.25, 0.3) is 0 Å². The van der Waals surface area contributed by atoms with Gasteiger partial charge in [-0.3, -0.25) is 4.90 Å². The van der Waals surface area contributed by atoms with Crippen molar-refractivity contribution in [1.29, 1.82) is 0 Å². The first-order valence-electron chi connectivity index (χ1n) is 5.15. The number of nitrogens with zero attached hydrogens (tertiary/aromatic N) is 2. The summed E-state index contributed by atoms with van der Waals surface area (Å²) in [5, 5.41) is 6.70. The molecule has 2 heterocycles. The largest absolute Gasteiger partial charge is 0.314 e. The molecule has 0 aromatic carbocycles. The molecule has 0 unspecified atom stereocenters. The van der Waals surface area contributed by atoms with E-state index in [2.05, 4.69) is 34.4 Å². The molecular formula is C10H17N3S. The maximum Gasteiger partial charge on any atom is 0.109 e. The van der Waals surface area contributed by atoms with Crippen LogP contribution in [0, 0.1) is 0 Å². The zero-order chi connectivity index (χ0) is 9.97. The Morgan fingerprint density at radius 1 is 1.71 bits per heavy atom. The van der Waals surface area contributed by atoms with Crippen LogP contribution in [-0.4, -0.2) is 35.6 Å². The van der Waals surface area contributed by atoms with E-state index >= 15 is 0 Å². The quantitative estimate of drug-likeness (QED) is 0.803. The molecule has 0 aliphatic carbocycles. The fourth-order valence-electron chi connectivity index (χ4n) is 2.01. The summed E-state index contributed by atoms with van der Waals surface area (Å²) in [5.41, 5.74) is 0. The second kappa shape index (κ2) is 4.38. The first kappa shape index (κ1) is 10.1. The summed E-state index contributed by atoms with van der Waals surface area (Å²) in [6.45, 7) is 7.84. The van der Waals surface area contributed by atoms with E-state index in [1.165, 1.54) is 5.01 Å². The minimum absolute atomic E-state index is 0.465. The van der Waals surface area contributed by atoms with Crippen molar-refractivity contribution in [1.82, 2.24) is 15.2 Å². The third-order valence-electron chi connectivity index (χ3n) is 2.86. The minimum Gasteiger partial charge on any atom is -0.314 e. The number of aromatic nitrogens is 1. The van der Waals surface area contributed by atoms with Gasteiger partial charge in [-0.1, -0.05) is 0 Å². The van der Waals surface area contributed by atoms with E-state index in [4.69, 9.17) is 0 Å². The highest BCUT2D eigenvalue weighted by molar-refractivity contribution is 7.09.